The fraction of sp³-hybridized carbons (Fsp3) is 0. The van der Waals surface area contributed by atoms with Crippen molar-refractivity contribution in [2.24, 2.45) is 0 Å². The highest BCUT2D eigenvalue weighted by Gasteiger charge is 2.11. The van der Waals surface area contributed by atoms with Gasteiger partial charge >= 0.3 is 5.69 Å². The molecule has 20 heavy (non-hydrogen) atoms. The first-order valence-electron chi connectivity index (χ1n) is 5.81. The minimum atomic E-state index is -0.610. The van der Waals surface area contributed by atoms with Gasteiger partial charge in [0.2, 0.25) is 0 Å². The Morgan fingerprint density at radius 1 is 1.10 bits per heavy atom. The fourth-order valence-corrected chi connectivity index (χ4v) is 2.28. The van der Waals surface area contributed by atoms with Crippen molar-refractivity contribution in [1.82, 2.24) is 9.55 Å². The van der Waals surface area contributed by atoms with Gasteiger partial charge in [0.25, 0.3) is 5.56 Å². The van der Waals surface area contributed by atoms with Gasteiger partial charge in [-0.25, -0.2) is 9.36 Å². The number of phenols is 1. The Bertz CT molecular complexity index is 928. The van der Waals surface area contributed by atoms with Crippen LogP contribution in [0.5, 0.6) is 5.75 Å². The summed E-state index contributed by atoms with van der Waals surface area (Å²) < 4.78 is 0.974. The molecule has 0 aliphatic carbocycles. The Kier molecular flexibility index (Phi) is 2.84. The minimum Gasteiger partial charge on any atom is -0.508 e. The Morgan fingerprint density at radius 3 is 2.60 bits per heavy atom. The van der Waals surface area contributed by atoms with Gasteiger partial charge in [0.15, 0.2) is 0 Å². The highest BCUT2D eigenvalue weighted by Crippen LogP contribution is 2.18. The lowest BCUT2D eigenvalue weighted by molar-refractivity contribution is 0.476. The van der Waals surface area contributed by atoms with Gasteiger partial charge in [-0.1, -0.05) is 23.7 Å². The van der Waals surface area contributed by atoms with Crippen LogP contribution in [0.2, 0.25) is 5.02 Å². The first kappa shape index (κ1) is 12.5. The topological polar surface area (TPSA) is 75.1 Å². The summed E-state index contributed by atoms with van der Waals surface area (Å²) in [6.07, 6.45) is 0. The maximum absolute atomic E-state index is 12.4. The molecule has 0 aliphatic rings. The van der Waals surface area contributed by atoms with Crippen LogP contribution in [-0.2, 0) is 0 Å². The molecule has 0 saturated heterocycles. The van der Waals surface area contributed by atoms with Crippen LogP contribution in [0.15, 0.2) is 52.1 Å². The van der Waals surface area contributed by atoms with Crippen molar-refractivity contribution in [3.8, 4) is 11.4 Å². The summed E-state index contributed by atoms with van der Waals surface area (Å²) in [5.74, 6) is -0.0250. The van der Waals surface area contributed by atoms with Crippen molar-refractivity contribution in [2.75, 3.05) is 0 Å². The summed E-state index contributed by atoms with van der Waals surface area (Å²) in [7, 11) is 0. The molecule has 0 spiro atoms. The van der Waals surface area contributed by atoms with Gasteiger partial charge in [-0.05, 0) is 24.3 Å². The van der Waals surface area contributed by atoms with Crippen LogP contribution >= 0.6 is 11.6 Å². The molecule has 3 aromatic rings. The van der Waals surface area contributed by atoms with E-state index in [2.05, 4.69) is 4.98 Å². The number of aromatic nitrogens is 2. The first-order valence-corrected chi connectivity index (χ1v) is 6.19. The van der Waals surface area contributed by atoms with E-state index in [0.717, 1.165) is 4.57 Å². The number of hydrogen-bond donors (Lipinski definition) is 2. The van der Waals surface area contributed by atoms with E-state index in [9.17, 15) is 14.7 Å². The van der Waals surface area contributed by atoms with Crippen molar-refractivity contribution in [3.05, 3.63) is 68.3 Å². The van der Waals surface area contributed by atoms with E-state index in [1.165, 1.54) is 18.2 Å². The fourth-order valence-electron chi connectivity index (χ4n) is 2.06. The molecule has 3 rings (SSSR count). The zero-order valence-electron chi connectivity index (χ0n) is 10.1. The number of nitrogens with one attached hydrogen (secondary N) is 1. The number of halogens is 1. The van der Waals surface area contributed by atoms with E-state index in [0.29, 0.717) is 16.1 Å². The lowest BCUT2D eigenvalue weighted by atomic mass is 10.2. The SMILES string of the molecule is O=c1[nH]c2cc(O)ccc2c(=O)n1-c1ccccc1Cl. The zero-order chi connectivity index (χ0) is 14.3. The Labute approximate surface area is 117 Å². The van der Waals surface area contributed by atoms with E-state index < -0.39 is 11.2 Å². The molecular formula is C14H9ClN2O3. The maximum Gasteiger partial charge on any atom is 0.333 e. The second-order valence-electron chi connectivity index (χ2n) is 4.25. The number of nitrogens with zero attached hydrogens (tertiary/aromatic N) is 1. The van der Waals surface area contributed by atoms with Crippen molar-refractivity contribution in [1.29, 1.82) is 0 Å². The quantitative estimate of drug-likeness (QED) is 0.719. The summed E-state index contributed by atoms with van der Waals surface area (Å²) in [5.41, 5.74) is -0.503. The van der Waals surface area contributed by atoms with Gasteiger partial charge in [-0.15, -0.1) is 0 Å². The molecule has 1 heterocycles. The van der Waals surface area contributed by atoms with Gasteiger partial charge < -0.3 is 10.1 Å². The van der Waals surface area contributed by atoms with Crippen LogP contribution in [-0.4, -0.2) is 14.7 Å². The molecule has 0 amide bonds. The third-order valence-electron chi connectivity index (χ3n) is 2.97. The maximum atomic E-state index is 12.4. The first-order chi connectivity index (χ1) is 9.58. The lowest BCUT2D eigenvalue weighted by Gasteiger charge is -2.08. The highest BCUT2D eigenvalue weighted by atomic mass is 35.5. The minimum absolute atomic E-state index is 0.0250. The second-order valence-corrected chi connectivity index (χ2v) is 4.66. The molecule has 0 bridgehead atoms. The van der Waals surface area contributed by atoms with Crippen LogP contribution in [0, 0.1) is 0 Å². The molecule has 0 saturated carbocycles. The monoisotopic (exact) mass is 288 g/mol. The summed E-state index contributed by atoms with van der Waals surface area (Å²) in [5, 5.41) is 9.99. The number of hydrogen-bond acceptors (Lipinski definition) is 3. The van der Waals surface area contributed by atoms with Crippen LogP contribution in [0.25, 0.3) is 16.6 Å². The molecule has 5 nitrogen and oxygen atoms in total. The Morgan fingerprint density at radius 2 is 1.85 bits per heavy atom. The van der Waals surface area contributed by atoms with Crippen molar-refractivity contribution >= 4 is 22.5 Å². The van der Waals surface area contributed by atoms with E-state index in [-0.39, 0.29) is 11.3 Å². The van der Waals surface area contributed by atoms with Gasteiger partial charge in [-0.2, -0.15) is 0 Å². The van der Waals surface area contributed by atoms with E-state index in [4.69, 9.17) is 11.6 Å². The molecule has 2 aromatic carbocycles. The normalized spacial score (nSPS) is 10.8. The molecule has 0 unspecified atom stereocenters. The summed E-state index contributed by atoms with van der Waals surface area (Å²) >= 11 is 6.03. The molecule has 0 aliphatic heterocycles. The molecular weight excluding hydrogens is 280 g/mol. The van der Waals surface area contributed by atoms with Gasteiger partial charge in [0, 0.05) is 6.07 Å². The summed E-state index contributed by atoms with van der Waals surface area (Å²) in [6, 6.07) is 10.8. The van der Waals surface area contributed by atoms with E-state index in [1.54, 1.807) is 24.3 Å². The van der Waals surface area contributed by atoms with E-state index >= 15 is 0 Å². The number of aromatic amines is 1. The van der Waals surface area contributed by atoms with Crippen LogP contribution in [0.3, 0.4) is 0 Å². The number of H-pyrrole nitrogens is 1. The van der Waals surface area contributed by atoms with E-state index in [1.807, 2.05) is 0 Å². The average molecular weight is 289 g/mol. The summed E-state index contributed by atoms with van der Waals surface area (Å²) in [6.45, 7) is 0. The highest BCUT2D eigenvalue weighted by molar-refractivity contribution is 6.32. The van der Waals surface area contributed by atoms with Gasteiger partial charge in [0.1, 0.15) is 5.75 Å². The lowest BCUT2D eigenvalue weighted by Crippen LogP contribution is -2.33. The number of benzene rings is 2. The predicted octanol–water partition coefficient (Wildman–Crippen LogP) is 2.04. The summed E-state index contributed by atoms with van der Waals surface area (Å²) in [4.78, 5) is 27.1. The van der Waals surface area contributed by atoms with Gasteiger partial charge in [-0.3, -0.25) is 4.79 Å². The number of phenolic OH excluding ortho intramolecular Hbond substituents is 1. The van der Waals surface area contributed by atoms with Crippen molar-refractivity contribution in [2.45, 2.75) is 0 Å². The molecule has 6 heteroatoms. The number of para-hydroxylation sites is 1. The van der Waals surface area contributed by atoms with Crippen LogP contribution in [0.4, 0.5) is 0 Å². The molecule has 0 fully saturated rings. The third-order valence-corrected chi connectivity index (χ3v) is 3.29. The number of fused-ring (bicyclic) bond motifs is 1. The average Bonchev–Trinajstić information content (AvgIpc) is 2.40. The number of rotatable bonds is 1. The second kappa shape index (κ2) is 4.54. The van der Waals surface area contributed by atoms with Crippen LogP contribution < -0.4 is 11.2 Å². The smallest absolute Gasteiger partial charge is 0.333 e. The zero-order valence-corrected chi connectivity index (χ0v) is 10.9. The Balaban J connectivity index is 2.44. The third kappa shape index (κ3) is 1.88. The number of aromatic hydroxyl groups is 1. The predicted molar refractivity (Wildman–Crippen MR) is 76.8 cm³/mol. The molecule has 0 atom stereocenters. The molecule has 1 aromatic heterocycles. The van der Waals surface area contributed by atoms with Gasteiger partial charge in [0.05, 0.1) is 21.6 Å². The largest absolute Gasteiger partial charge is 0.508 e. The van der Waals surface area contributed by atoms with Crippen molar-refractivity contribution in [3.63, 3.8) is 0 Å². The van der Waals surface area contributed by atoms with Crippen molar-refractivity contribution < 1.29 is 5.11 Å². The van der Waals surface area contributed by atoms with Crippen LogP contribution in [0.1, 0.15) is 0 Å². The molecule has 0 radical (unpaired) electrons. The molecule has 100 valence electrons. The molecule has 2 N–H and O–H groups in total. The Hall–Kier alpha value is -2.53. The standard InChI is InChI=1S/C14H9ClN2O3/c15-10-3-1-2-4-12(10)17-13(19)9-6-5-8(18)7-11(9)16-14(17)20/h1-7,18H,(H,16,20).